The summed E-state index contributed by atoms with van der Waals surface area (Å²) in [6, 6.07) is 7.51. The van der Waals surface area contributed by atoms with Crippen molar-refractivity contribution >= 4 is 29.7 Å². The molecule has 0 aliphatic carbocycles. The zero-order valence-corrected chi connectivity index (χ0v) is 17.8. The maximum absolute atomic E-state index is 11.7. The van der Waals surface area contributed by atoms with Crippen molar-refractivity contribution in [1.29, 1.82) is 5.26 Å². The molecular weight excluding hydrogens is 428 g/mol. The summed E-state index contributed by atoms with van der Waals surface area (Å²) in [6.45, 7) is 3.25. The van der Waals surface area contributed by atoms with Gasteiger partial charge in [0, 0.05) is 30.6 Å². The minimum absolute atomic E-state index is 0.285. The zero-order valence-electron chi connectivity index (χ0n) is 17.0. The van der Waals surface area contributed by atoms with Crippen molar-refractivity contribution in [3.63, 3.8) is 0 Å². The molecule has 0 N–H and O–H groups in total. The van der Waals surface area contributed by atoms with E-state index in [2.05, 4.69) is 10.0 Å². The predicted molar refractivity (Wildman–Crippen MR) is 106 cm³/mol. The molecule has 1 aromatic carbocycles. The van der Waals surface area contributed by atoms with Crippen molar-refractivity contribution in [2.75, 3.05) is 6.61 Å². The van der Waals surface area contributed by atoms with Crippen LogP contribution in [-0.4, -0.2) is 54.3 Å². The van der Waals surface area contributed by atoms with Gasteiger partial charge in [-0.15, -0.1) is 0 Å². The summed E-state index contributed by atoms with van der Waals surface area (Å²) in [5.74, 6) is -1.93. The topological polar surface area (TPSA) is 161 Å². The molecule has 11 nitrogen and oxygen atoms in total. The normalized spacial score (nSPS) is 24.8. The van der Waals surface area contributed by atoms with Gasteiger partial charge in [0.15, 0.2) is 0 Å². The van der Waals surface area contributed by atoms with E-state index in [1.54, 1.807) is 24.3 Å². The van der Waals surface area contributed by atoms with Crippen LogP contribution in [0.15, 0.2) is 34.3 Å². The van der Waals surface area contributed by atoms with E-state index in [0.29, 0.717) is 10.5 Å². The maximum Gasteiger partial charge on any atom is 0.303 e. The molecule has 1 aliphatic heterocycles. The summed E-state index contributed by atoms with van der Waals surface area (Å²) in [4.78, 5) is 38.1. The Kier molecular flexibility index (Phi) is 8.69. The molecule has 0 saturated carbocycles. The van der Waals surface area contributed by atoms with Crippen LogP contribution >= 0.6 is 11.8 Å². The Morgan fingerprint density at radius 3 is 2.45 bits per heavy atom. The summed E-state index contributed by atoms with van der Waals surface area (Å²) in [5, 5.41) is 12.8. The molecule has 1 saturated heterocycles. The molecule has 12 heteroatoms. The molecular formula is C19H20N4O7S. The number of benzene rings is 1. The van der Waals surface area contributed by atoms with Gasteiger partial charge in [-0.3, -0.25) is 14.4 Å². The van der Waals surface area contributed by atoms with Gasteiger partial charge >= 0.3 is 17.9 Å². The van der Waals surface area contributed by atoms with E-state index >= 15 is 0 Å². The van der Waals surface area contributed by atoms with E-state index in [1.165, 1.54) is 13.8 Å². The third kappa shape index (κ3) is 6.89. The summed E-state index contributed by atoms with van der Waals surface area (Å²) in [7, 11) is 0. The van der Waals surface area contributed by atoms with E-state index in [-0.39, 0.29) is 6.61 Å². The standard InChI is InChI=1S/C19H20N4O7S/c1-10(24)27-9-15-17(28-11(2)25)16(22-23-21)18(29-12(3)26)19(30-15)31-14-6-4-5-13(7-14)8-20/h4-7,15-19H,9H2,1-3H3/t15-,16+,17+,18-,19-/m1/s1. The minimum atomic E-state index is -1.17. The highest BCUT2D eigenvalue weighted by Gasteiger charge is 2.50. The quantitative estimate of drug-likeness (QED) is 0.200. The molecule has 0 unspecified atom stereocenters. The SMILES string of the molecule is CC(=O)OC[C@H]1O[C@H](Sc2cccc(C#N)c2)[C@H](OC(C)=O)[C@@H](N=[N+]=[N-])[C@H]1OC(C)=O. The molecule has 0 aromatic heterocycles. The van der Waals surface area contributed by atoms with Crippen molar-refractivity contribution in [3.8, 4) is 6.07 Å². The highest BCUT2D eigenvalue weighted by atomic mass is 32.2. The largest absolute Gasteiger partial charge is 0.463 e. The number of carbonyl (C=O) groups is 3. The van der Waals surface area contributed by atoms with Crippen LogP contribution in [0.4, 0.5) is 0 Å². The number of carbonyl (C=O) groups excluding carboxylic acids is 3. The molecule has 2 rings (SSSR count). The summed E-state index contributed by atoms with van der Waals surface area (Å²) >= 11 is 1.12. The number of azide groups is 1. The number of esters is 3. The number of hydrogen-bond donors (Lipinski definition) is 0. The van der Waals surface area contributed by atoms with E-state index in [4.69, 9.17) is 29.7 Å². The number of ether oxygens (including phenoxy) is 4. The van der Waals surface area contributed by atoms with Crippen molar-refractivity contribution in [2.24, 2.45) is 5.11 Å². The van der Waals surface area contributed by atoms with Crippen LogP contribution in [0.1, 0.15) is 26.3 Å². The molecule has 0 radical (unpaired) electrons. The lowest BCUT2D eigenvalue weighted by Gasteiger charge is -2.43. The first-order chi connectivity index (χ1) is 14.7. The fourth-order valence-corrected chi connectivity index (χ4v) is 4.11. The Morgan fingerprint density at radius 1 is 1.19 bits per heavy atom. The number of nitrogens with zero attached hydrogens (tertiary/aromatic N) is 4. The highest BCUT2D eigenvalue weighted by molar-refractivity contribution is 7.99. The van der Waals surface area contributed by atoms with Gasteiger partial charge in [0.1, 0.15) is 36.4 Å². The summed E-state index contributed by atoms with van der Waals surface area (Å²) in [6.07, 6.45) is -3.28. The van der Waals surface area contributed by atoms with Crippen LogP contribution in [0.3, 0.4) is 0 Å². The zero-order chi connectivity index (χ0) is 23.0. The fourth-order valence-electron chi connectivity index (χ4n) is 2.94. The van der Waals surface area contributed by atoms with Crippen molar-refractivity contribution in [3.05, 3.63) is 40.3 Å². The minimum Gasteiger partial charge on any atom is -0.463 e. The molecule has 0 spiro atoms. The lowest BCUT2D eigenvalue weighted by molar-refractivity contribution is -0.201. The van der Waals surface area contributed by atoms with Crippen molar-refractivity contribution in [2.45, 2.75) is 55.5 Å². The Balaban J connectivity index is 2.45. The second-order valence-electron chi connectivity index (χ2n) is 6.45. The lowest BCUT2D eigenvalue weighted by Crippen LogP contribution is -2.59. The Morgan fingerprint density at radius 2 is 1.87 bits per heavy atom. The molecule has 0 amide bonds. The van der Waals surface area contributed by atoms with Gasteiger partial charge in [0.25, 0.3) is 0 Å². The van der Waals surface area contributed by atoms with Crippen LogP contribution < -0.4 is 0 Å². The van der Waals surface area contributed by atoms with Crippen molar-refractivity contribution in [1.82, 2.24) is 0 Å². The number of thioether (sulfide) groups is 1. The summed E-state index contributed by atoms with van der Waals surface area (Å²) in [5.41, 5.74) is 8.57. The molecule has 1 heterocycles. The molecule has 164 valence electrons. The van der Waals surface area contributed by atoms with Gasteiger partial charge in [-0.05, 0) is 23.7 Å². The number of hydrogen-bond acceptors (Lipinski definition) is 10. The predicted octanol–water partition coefficient (Wildman–Crippen LogP) is 2.48. The molecule has 0 bridgehead atoms. The Hall–Kier alpha value is -3.26. The second-order valence-corrected chi connectivity index (χ2v) is 7.62. The summed E-state index contributed by atoms with van der Waals surface area (Å²) < 4.78 is 21.7. The van der Waals surface area contributed by atoms with Crippen LogP contribution in [0.2, 0.25) is 0 Å². The Bertz CT molecular complexity index is 928. The first-order valence-corrected chi connectivity index (χ1v) is 9.97. The van der Waals surface area contributed by atoms with E-state index < -0.39 is 47.7 Å². The molecule has 5 atom stereocenters. The second kappa shape index (κ2) is 11.2. The van der Waals surface area contributed by atoms with Gasteiger partial charge in [-0.2, -0.15) is 5.26 Å². The van der Waals surface area contributed by atoms with E-state index in [1.807, 2.05) is 6.07 Å². The van der Waals surface area contributed by atoms with Gasteiger partial charge in [-0.25, -0.2) is 0 Å². The number of nitriles is 1. The Labute approximate surface area is 182 Å². The van der Waals surface area contributed by atoms with Crippen molar-refractivity contribution < 1.29 is 33.3 Å². The number of rotatable bonds is 7. The molecule has 1 aromatic rings. The fraction of sp³-hybridized carbons (Fsp3) is 0.474. The van der Waals surface area contributed by atoms with Crippen LogP contribution in [0.5, 0.6) is 0 Å². The van der Waals surface area contributed by atoms with Gasteiger partial charge in [-0.1, -0.05) is 22.9 Å². The molecule has 31 heavy (non-hydrogen) atoms. The first kappa shape index (κ1) is 24.0. The van der Waals surface area contributed by atoms with Crippen LogP contribution in [-0.2, 0) is 33.3 Å². The average Bonchev–Trinajstić information content (AvgIpc) is 2.70. The smallest absolute Gasteiger partial charge is 0.303 e. The van der Waals surface area contributed by atoms with E-state index in [9.17, 15) is 14.4 Å². The highest BCUT2D eigenvalue weighted by Crippen LogP contribution is 2.37. The van der Waals surface area contributed by atoms with Gasteiger partial charge in [0.2, 0.25) is 0 Å². The molecule has 1 fully saturated rings. The lowest BCUT2D eigenvalue weighted by atomic mass is 9.97. The third-order valence-electron chi connectivity index (χ3n) is 4.07. The average molecular weight is 448 g/mol. The van der Waals surface area contributed by atoms with Gasteiger partial charge in [0.05, 0.1) is 11.6 Å². The first-order valence-electron chi connectivity index (χ1n) is 9.09. The third-order valence-corrected chi connectivity index (χ3v) is 5.21. The monoisotopic (exact) mass is 448 g/mol. The van der Waals surface area contributed by atoms with Gasteiger partial charge < -0.3 is 18.9 Å². The molecule has 1 aliphatic rings. The van der Waals surface area contributed by atoms with Crippen LogP contribution in [0.25, 0.3) is 10.4 Å². The maximum atomic E-state index is 11.7. The van der Waals surface area contributed by atoms with E-state index in [0.717, 1.165) is 18.7 Å². The van der Waals surface area contributed by atoms with Crippen LogP contribution in [0, 0.1) is 11.3 Å².